The van der Waals surface area contributed by atoms with E-state index < -0.39 is 18.4 Å². The smallest absolute Gasteiger partial charge is 0.303 e. The lowest BCUT2D eigenvalue weighted by Gasteiger charge is -2.43. The molecular weight excluding hydrogens is 648 g/mol. The van der Waals surface area contributed by atoms with Gasteiger partial charge in [-0.25, -0.2) is 0 Å². The number of ether oxygens (including phenoxy) is 8. The third-order valence-electron chi connectivity index (χ3n) is 8.58. The maximum atomic E-state index is 12.3. The number of carbonyl (C=O) groups is 2. The second kappa shape index (κ2) is 22.1. The summed E-state index contributed by atoms with van der Waals surface area (Å²) in [6, 6.07) is 15.6. The molecule has 0 aromatic heterocycles. The lowest BCUT2D eigenvalue weighted by atomic mass is 9.90. The molecule has 50 heavy (non-hydrogen) atoms. The molecule has 0 aliphatic carbocycles. The van der Waals surface area contributed by atoms with Crippen LogP contribution in [0.3, 0.4) is 0 Å². The van der Waals surface area contributed by atoms with Crippen LogP contribution in [0.15, 0.2) is 48.5 Å². The Morgan fingerprint density at radius 1 is 0.780 bits per heavy atom. The Morgan fingerprint density at radius 2 is 1.28 bits per heavy atom. The van der Waals surface area contributed by atoms with Gasteiger partial charge in [-0.1, -0.05) is 55.5 Å². The van der Waals surface area contributed by atoms with Crippen molar-refractivity contribution < 1.29 is 52.6 Å². The molecule has 2 saturated heterocycles. The van der Waals surface area contributed by atoms with Gasteiger partial charge < -0.3 is 48.3 Å². The Labute approximate surface area is 295 Å². The fraction of sp³-hybridized carbons (Fsp3) is 0.622. The molecule has 5 atom stereocenters. The second-order valence-corrected chi connectivity index (χ2v) is 12.4. The van der Waals surface area contributed by atoms with Crippen LogP contribution in [-0.4, -0.2) is 120 Å². The first kappa shape index (κ1) is 39.8. The highest BCUT2D eigenvalue weighted by Gasteiger charge is 2.39. The molecule has 2 aliphatic rings. The molecule has 2 heterocycles. The van der Waals surface area contributed by atoms with Gasteiger partial charge in [0, 0.05) is 44.6 Å². The van der Waals surface area contributed by atoms with Crippen LogP contribution < -0.4 is 5.32 Å². The van der Waals surface area contributed by atoms with Gasteiger partial charge in [0.1, 0.15) is 0 Å². The SMILES string of the molecule is CC(=O)OC(C)C(=O)NCc1ccc(C2OC(CN3CCOCCOCCOCCOCCOCC3)C(C)C(c3ccc(CO)cc3)O2)cc1. The predicted octanol–water partition coefficient (Wildman–Crippen LogP) is 2.94. The molecule has 2 aromatic carbocycles. The molecule has 0 spiro atoms. The summed E-state index contributed by atoms with van der Waals surface area (Å²) in [6.07, 6.45) is -1.97. The highest BCUT2D eigenvalue weighted by molar-refractivity contribution is 5.82. The van der Waals surface area contributed by atoms with Crippen molar-refractivity contribution in [3.63, 3.8) is 0 Å². The minimum absolute atomic E-state index is 0.00109. The molecule has 1 amide bonds. The summed E-state index contributed by atoms with van der Waals surface area (Å²) < 4.78 is 46.8. The number of aliphatic hydroxyl groups excluding tert-OH is 1. The number of rotatable bonds is 9. The van der Waals surface area contributed by atoms with Crippen LogP contribution in [0.5, 0.6) is 0 Å². The topological polar surface area (TPSA) is 143 Å². The van der Waals surface area contributed by atoms with E-state index in [-0.39, 0.29) is 37.2 Å². The van der Waals surface area contributed by atoms with Gasteiger partial charge in [-0.05, 0) is 23.6 Å². The van der Waals surface area contributed by atoms with Gasteiger partial charge in [0.05, 0.1) is 84.9 Å². The quantitative estimate of drug-likeness (QED) is 0.371. The van der Waals surface area contributed by atoms with Crippen LogP contribution in [0.2, 0.25) is 0 Å². The van der Waals surface area contributed by atoms with E-state index in [4.69, 9.17) is 37.9 Å². The van der Waals surface area contributed by atoms with Crippen LogP contribution in [0.4, 0.5) is 0 Å². The maximum absolute atomic E-state index is 12.3. The highest BCUT2D eigenvalue weighted by Crippen LogP contribution is 2.41. The third kappa shape index (κ3) is 13.6. The number of carbonyl (C=O) groups excluding carboxylic acids is 2. The van der Waals surface area contributed by atoms with E-state index in [0.717, 1.165) is 22.3 Å². The Morgan fingerprint density at radius 3 is 1.80 bits per heavy atom. The second-order valence-electron chi connectivity index (χ2n) is 12.4. The van der Waals surface area contributed by atoms with E-state index in [9.17, 15) is 14.7 Å². The average Bonchev–Trinajstić information content (AvgIpc) is 3.12. The molecule has 5 unspecified atom stereocenters. The summed E-state index contributed by atoms with van der Waals surface area (Å²) >= 11 is 0. The molecular formula is C37H54N2O11. The normalized spacial score (nSPS) is 24.7. The van der Waals surface area contributed by atoms with Gasteiger partial charge in [0.25, 0.3) is 5.91 Å². The minimum Gasteiger partial charge on any atom is -0.453 e. The molecule has 2 aliphatic heterocycles. The van der Waals surface area contributed by atoms with E-state index in [2.05, 4.69) is 17.1 Å². The zero-order valence-electron chi connectivity index (χ0n) is 29.6. The lowest BCUT2D eigenvalue weighted by molar-refractivity contribution is -0.276. The standard InChI is InChI=1S/C37H54N2O11/c1-27-34(25-39-12-14-43-16-18-45-20-22-47-23-21-46-19-17-44-15-13-39)49-37(50-35(27)32-8-6-31(26-40)7-9-32)33-10-4-30(5-11-33)24-38-36(42)28(2)48-29(3)41/h4-11,27-28,34-35,37,40H,12-26H2,1-3H3,(H,38,42). The van der Waals surface area contributed by atoms with Crippen molar-refractivity contribution in [1.29, 1.82) is 0 Å². The number of benzene rings is 2. The monoisotopic (exact) mass is 702 g/mol. The van der Waals surface area contributed by atoms with Crippen molar-refractivity contribution in [2.75, 3.05) is 85.7 Å². The first-order valence-electron chi connectivity index (χ1n) is 17.5. The molecule has 0 saturated carbocycles. The number of hydrogen-bond donors (Lipinski definition) is 2. The van der Waals surface area contributed by atoms with Crippen molar-refractivity contribution in [3.8, 4) is 0 Å². The fourth-order valence-corrected chi connectivity index (χ4v) is 5.67. The zero-order valence-corrected chi connectivity index (χ0v) is 29.6. The summed E-state index contributed by atoms with van der Waals surface area (Å²) in [5.74, 6) is -0.876. The van der Waals surface area contributed by atoms with Crippen molar-refractivity contribution in [3.05, 3.63) is 70.8 Å². The summed E-state index contributed by atoms with van der Waals surface area (Å²) in [5.41, 5.74) is 3.56. The van der Waals surface area contributed by atoms with Gasteiger partial charge >= 0.3 is 5.97 Å². The third-order valence-corrected chi connectivity index (χ3v) is 8.58. The van der Waals surface area contributed by atoms with Gasteiger partial charge in [0.15, 0.2) is 12.4 Å². The first-order valence-corrected chi connectivity index (χ1v) is 17.5. The number of nitrogens with one attached hydrogen (secondary N) is 1. The Hall–Kier alpha value is -2.98. The summed E-state index contributed by atoms with van der Waals surface area (Å²) in [4.78, 5) is 25.8. The van der Waals surface area contributed by atoms with Crippen LogP contribution in [0, 0.1) is 5.92 Å². The number of amides is 1. The van der Waals surface area contributed by atoms with E-state index in [1.807, 2.05) is 48.5 Å². The van der Waals surface area contributed by atoms with Crippen LogP contribution in [0.25, 0.3) is 0 Å². The van der Waals surface area contributed by atoms with E-state index in [1.54, 1.807) is 0 Å². The number of hydrogen-bond acceptors (Lipinski definition) is 12. The van der Waals surface area contributed by atoms with Crippen molar-refractivity contribution in [1.82, 2.24) is 10.2 Å². The fourth-order valence-electron chi connectivity index (χ4n) is 5.67. The lowest BCUT2D eigenvalue weighted by Crippen LogP contribution is -2.46. The van der Waals surface area contributed by atoms with E-state index in [0.29, 0.717) is 85.7 Å². The first-order chi connectivity index (χ1) is 24.3. The molecule has 4 rings (SSSR count). The number of esters is 1. The van der Waals surface area contributed by atoms with Crippen molar-refractivity contribution >= 4 is 11.9 Å². The Kier molecular flexibility index (Phi) is 17.6. The van der Waals surface area contributed by atoms with Gasteiger partial charge in [-0.2, -0.15) is 0 Å². The maximum Gasteiger partial charge on any atom is 0.303 e. The molecule has 13 nitrogen and oxygen atoms in total. The summed E-state index contributed by atoms with van der Waals surface area (Å²) in [5, 5.41) is 12.4. The van der Waals surface area contributed by atoms with Crippen molar-refractivity contribution in [2.24, 2.45) is 5.92 Å². The van der Waals surface area contributed by atoms with Gasteiger partial charge in [0.2, 0.25) is 0 Å². The summed E-state index contributed by atoms with van der Waals surface area (Å²) in [7, 11) is 0. The van der Waals surface area contributed by atoms with Crippen LogP contribution in [-0.2, 0) is 60.6 Å². The van der Waals surface area contributed by atoms with Crippen LogP contribution in [0.1, 0.15) is 55.4 Å². The summed E-state index contributed by atoms with van der Waals surface area (Å²) in [6.45, 7) is 12.3. The minimum atomic E-state index is -0.872. The van der Waals surface area contributed by atoms with Crippen LogP contribution >= 0.6 is 0 Å². The largest absolute Gasteiger partial charge is 0.453 e. The Balaban J connectivity index is 1.45. The van der Waals surface area contributed by atoms with Crippen molar-refractivity contribution in [2.45, 2.75) is 58.5 Å². The molecule has 2 fully saturated rings. The molecule has 0 radical (unpaired) electrons. The van der Waals surface area contributed by atoms with E-state index >= 15 is 0 Å². The zero-order chi connectivity index (χ0) is 35.6. The van der Waals surface area contributed by atoms with E-state index in [1.165, 1.54) is 13.8 Å². The molecule has 2 N–H and O–H groups in total. The average molecular weight is 703 g/mol. The molecule has 278 valence electrons. The molecule has 2 aromatic rings. The molecule has 13 heteroatoms. The number of nitrogens with zero attached hydrogens (tertiary/aromatic N) is 1. The highest BCUT2D eigenvalue weighted by atomic mass is 16.7. The predicted molar refractivity (Wildman–Crippen MR) is 183 cm³/mol. The van der Waals surface area contributed by atoms with Gasteiger partial charge in [-0.15, -0.1) is 0 Å². The van der Waals surface area contributed by atoms with Gasteiger partial charge in [-0.3, -0.25) is 14.5 Å². The number of aliphatic hydroxyl groups is 1. The Bertz CT molecular complexity index is 1250. The molecule has 0 bridgehead atoms.